The molecule has 21 heavy (non-hydrogen) atoms. The third-order valence-electron chi connectivity index (χ3n) is 6.61. The molecule has 1 aromatic rings. The summed E-state index contributed by atoms with van der Waals surface area (Å²) in [5.74, 6) is 2.83. The fourth-order valence-electron chi connectivity index (χ4n) is 4.88. The third-order valence-corrected chi connectivity index (χ3v) is 6.61. The van der Waals surface area contributed by atoms with Gasteiger partial charge in [-0.1, -0.05) is 6.42 Å². The van der Waals surface area contributed by atoms with Gasteiger partial charge in [-0.15, -0.1) is 0 Å². The molecule has 0 spiro atoms. The topological polar surface area (TPSA) is 17.1 Å². The number of hydrogen-bond donors (Lipinski definition) is 0. The molecule has 0 heterocycles. The van der Waals surface area contributed by atoms with Crippen LogP contribution in [0, 0.1) is 52.4 Å². The molecule has 2 fully saturated rings. The Kier molecular flexibility index (Phi) is 3.71. The number of ketones is 1. The van der Waals surface area contributed by atoms with Gasteiger partial charge in [0.15, 0.2) is 5.78 Å². The highest BCUT2D eigenvalue weighted by Crippen LogP contribution is 2.50. The number of carbonyl (C=O) groups is 1. The second-order valence-corrected chi connectivity index (χ2v) is 7.56. The van der Waals surface area contributed by atoms with E-state index in [4.69, 9.17) is 0 Å². The van der Waals surface area contributed by atoms with E-state index in [0.29, 0.717) is 11.7 Å². The smallest absolute Gasteiger partial charge is 0.163 e. The van der Waals surface area contributed by atoms with E-state index in [-0.39, 0.29) is 0 Å². The van der Waals surface area contributed by atoms with Crippen LogP contribution < -0.4 is 0 Å². The van der Waals surface area contributed by atoms with Gasteiger partial charge in [0.05, 0.1) is 0 Å². The van der Waals surface area contributed by atoms with Crippen molar-refractivity contribution in [2.45, 2.75) is 66.7 Å². The zero-order valence-corrected chi connectivity index (χ0v) is 14.2. The minimum atomic E-state index is 0.397. The molecular formula is C20H28O. The van der Waals surface area contributed by atoms with E-state index in [2.05, 4.69) is 34.6 Å². The largest absolute Gasteiger partial charge is 0.294 e. The minimum Gasteiger partial charge on any atom is -0.294 e. The van der Waals surface area contributed by atoms with Crippen molar-refractivity contribution in [3.63, 3.8) is 0 Å². The summed E-state index contributed by atoms with van der Waals surface area (Å²) < 4.78 is 0. The van der Waals surface area contributed by atoms with E-state index in [1.807, 2.05) is 0 Å². The molecule has 3 atom stereocenters. The van der Waals surface area contributed by atoms with Crippen LogP contribution >= 0.6 is 0 Å². The van der Waals surface area contributed by atoms with Crippen LogP contribution in [0.15, 0.2) is 0 Å². The predicted molar refractivity (Wildman–Crippen MR) is 88.0 cm³/mol. The van der Waals surface area contributed by atoms with Crippen molar-refractivity contribution in [2.75, 3.05) is 0 Å². The zero-order valence-electron chi connectivity index (χ0n) is 14.2. The van der Waals surface area contributed by atoms with Gasteiger partial charge in [0, 0.05) is 12.0 Å². The molecule has 2 aliphatic carbocycles. The molecule has 0 saturated heterocycles. The number of benzene rings is 1. The molecule has 0 aromatic heterocycles. The second kappa shape index (κ2) is 5.26. The first-order chi connectivity index (χ1) is 9.90. The van der Waals surface area contributed by atoms with Crippen LogP contribution in [-0.4, -0.2) is 5.78 Å². The Morgan fingerprint density at radius 3 is 1.90 bits per heavy atom. The molecule has 114 valence electrons. The Morgan fingerprint density at radius 2 is 1.43 bits per heavy atom. The zero-order chi connectivity index (χ0) is 15.3. The number of hydrogen-bond acceptors (Lipinski definition) is 1. The highest BCUT2D eigenvalue weighted by molar-refractivity contribution is 5.99. The predicted octanol–water partition coefficient (Wildman–Crippen LogP) is 5.24. The van der Waals surface area contributed by atoms with Crippen LogP contribution in [0.25, 0.3) is 0 Å². The second-order valence-electron chi connectivity index (χ2n) is 7.56. The first-order valence-corrected chi connectivity index (χ1v) is 8.50. The van der Waals surface area contributed by atoms with Crippen molar-refractivity contribution in [2.24, 2.45) is 17.8 Å². The lowest BCUT2D eigenvalue weighted by Gasteiger charge is -2.23. The minimum absolute atomic E-state index is 0.397. The van der Waals surface area contributed by atoms with Gasteiger partial charge >= 0.3 is 0 Å². The van der Waals surface area contributed by atoms with Crippen molar-refractivity contribution < 1.29 is 4.79 Å². The van der Waals surface area contributed by atoms with E-state index in [1.165, 1.54) is 53.5 Å². The normalized spacial score (nSPS) is 27.4. The maximum Gasteiger partial charge on any atom is 0.163 e. The van der Waals surface area contributed by atoms with Crippen LogP contribution in [0.3, 0.4) is 0 Å². The highest BCUT2D eigenvalue weighted by atomic mass is 16.1. The quantitative estimate of drug-likeness (QED) is 0.694. The number of Topliss-reactive ketones (excluding diaryl/α,β-unsaturated/α-hetero) is 1. The lowest BCUT2D eigenvalue weighted by atomic mass is 9.81. The summed E-state index contributed by atoms with van der Waals surface area (Å²) in [6, 6.07) is 0. The molecule has 2 aliphatic rings. The number of carbonyl (C=O) groups excluding carboxylic acids is 1. The van der Waals surface area contributed by atoms with Crippen LogP contribution in [-0.2, 0) is 0 Å². The summed E-state index contributed by atoms with van der Waals surface area (Å²) in [7, 11) is 0. The molecule has 1 nitrogen and oxygen atoms in total. The Bertz CT molecular complexity index is 567. The molecule has 0 radical (unpaired) electrons. The molecule has 1 heteroatoms. The first-order valence-electron chi connectivity index (χ1n) is 8.50. The SMILES string of the molecule is Cc1c(C)c(C)c(C(=O)CC2CC3CCC2C3)c(C)c1C. The molecule has 0 amide bonds. The van der Waals surface area contributed by atoms with Gasteiger partial charge in [-0.3, -0.25) is 4.79 Å². The van der Waals surface area contributed by atoms with Crippen LogP contribution in [0.5, 0.6) is 0 Å². The third kappa shape index (κ3) is 2.35. The van der Waals surface area contributed by atoms with E-state index in [0.717, 1.165) is 23.8 Å². The summed E-state index contributed by atoms with van der Waals surface area (Å²) in [5.41, 5.74) is 7.40. The summed E-state index contributed by atoms with van der Waals surface area (Å²) >= 11 is 0. The fraction of sp³-hybridized carbons (Fsp3) is 0.650. The number of rotatable bonds is 3. The average Bonchev–Trinajstić information content (AvgIpc) is 3.05. The maximum atomic E-state index is 12.9. The molecular weight excluding hydrogens is 256 g/mol. The monoisotopic (exact) mass is 284 g/mol. The highest BCUT2D eigenvalue weighted by Gasteiger charge is 2.40. The van der Waals surface area contributed by atoms with Crippen molar-refractivity contribution in [3.8, 4) is 0 Å². The van der Waals surface area contributed by atoms with Gasteiger partial charge in [-0.2, -0.15) is 0 Å². The number of fused-ring (bicyclic) bond motifs is 2. The molecule has 2 bridgehead atoms. The Labute approximate surface area is 129 Å². The standard InChI is InChI=1S/C20H28O/c1-11-12(2)14(4)20(15(5)13(11)3)19(21)10-18-9-16-6-7-17(18)8-16/h16-18H,6-10H2,1-5H3. The van der Waals surface area contributed by atoms with E-state index < -0.39 is 0 Å². The van der Waals surface area contributed by atoms with E-state index in [1.54, 1.807) is 0 Å². The lowest BCUT2D eigenvalue weighted by Crippen LogP contribution is -2.17. The average molecular weight is 284 g/mol. The Balaban J connectivity index is 1.88. The molecule has 0 aliphatic heterocycles. The van der Waals surface area contributed by atoms with E-state index >= 15 is 0 Å². The summed E-state index contributed by atoms with van der Waals surface area (Å²) in [6.07, 6.45) is 6.26. The van der Waals surface area contributed by atoms with Gasteiger partial charge < -0.3 is 0 Å². The van der Waals surface area contributed by atoms with Gasteiger partial charge in [0.1, 0.15) is 0 Å². The van der Waals surface area contributed by atoms with Gasteiger partial charge in [0.25, 0.3) is 0 Å². The molecule has 0 N–H and O–H groups in total. The van der Waals surface area contributed by atoms with Crippen molar-refractivity contribution >= 4 is 5.78 Å². The van der Waals surface area contributed by atoms with Crippen molar-refractivity contribution in [1.82, 2.24) is 0 Å². The molecule has 3 unspecified atom stereocenters. The summed E-state index contributed by atoms with van der Waals surface area (Å²) in [6.45, 7) is 10.7. The van der Waals surface area contributed by atoms with Crippen molar-refractivity contribution in [1.29, 1.82) is 0 Å². The summed E-state index contributed by atoms with van der Waals surface area (Å²) in [5, 5.41) is 0. The van der Waals surface area contributed by atoms with Gasteiger partial charge in [-0.25, -0.2) is 0 Å². The van der Waals surface area contributed by atoms with E-state index in [9.17, 15) is 4.79 Å². The first kappa shape index (κ1) is 14.8. The summed E-state index contributed by atoms with van der Waals surface area (Å²) in [4.78, 5) is 12.9. The Morgan fingerprint density at radius 1 is 0.857 bits per heavy atom. The maximum absolute atomic E-state index is 12.9. The lowest BCUT2D eigenvalue weighted by molar-refractivity contribution is 0.0943. The van der Waals surface area contributed by atoms with Crippen LogP contribution in [0.2, 0.25) is 0 Å². The van der Waals surface area contributed by atoms with Gasteiger partial charge in [-0.05, 0) is 99.5 Å². The van der Waals surface area contributed by atoms with Crippen LogP contribution in [0.4, 0.5) is 0 Å². The fourth-order valence-corrected chi connectivity index (χ4v) is 4.88. The molecule has 1 aromatic carbocycles. The molecule has 3 rings (SSSR count). The van der Waals surface area contributed by atoms with Crippen molar-refractivity contribution in [3.05, 3.63) is 33.4 Å². The van der Waals surface area contributed by atoms with Crippen LogP contribution in [0.1, 0.15) is 70.3 Å². The van der Waals surface area contributed by atoms with Gasteiger partial charge in [0.2, 0.25) is 0 Å². The molecule has 2 saturated carbocycles. The Hall–Kier alpha value is -1.11.